The van der Waals surface area contributed by atoms with Crippen LogP contribution in [0.25, 0.3) is 5.57 Å². The zero-order valence-electron chi connectivity index (χ0n) is 12.2. The SMILES string of the molecule is CCCCC1(S(N)(=O)=O)C(c2sccc2Cl)=CC=CC1C.[LiH]. The summed E-state index contributed by atoms with van der Waals surface area (Å²) in [5.74, 6) is -0.183. The van der Waals surface area contributed by atoms with Gasteiger partial charge in [-0.1, -0.05) is 56.5 Å². The van der Waals surface area contributed by atoms with Crippen LogP contribution in [0.15, 0.2) is 29.7 Å². The van der Waals surface area contributed by atoms with E-state index in [0.717, 1.165) is 23.3 Å². The summed E-state index contributed by atoms with van der Waals surface area (Å²) in [6.45, 7) is 3.95. The molecule has 2 N–H and O–H groups in total. The van der Waals surface area contributed by atoms with Gasteiger partial charge in [0.05, 0.1) is 9.90 Å². The summed E-state index contributed by atoms with van der Waals surface area (Å²) in [6.07, 6.45) is 7.87. The van der Waals surface area contributed by atoms with Crippen LogP contribution in [-0.4, -0.2) is 32.0 Å². The molecule has 0 fully saturated rings. The number of unbranched alkanes of at least 4 members (excludes halogenated alkanes) is 1. The van der Waals surface area contributed by atoms with Crippen molar-refractivity contribution in [1.29, 1.82) is 0 Å². The third-order valence-electron chi connectivity index (χ3n) is 4.13. The molecule has 3 nitrogen and oxygen atoms in total. The minimum absolute atomic E-state index is 0. The molecule has 0 aromatic carbocycles. The monoisotopic (exact) mass is 353 g/mol. The summed E-state index contributed by atoms with van der Waals surface area (Å²) >= 11 is 7.70. The van der Waals surface area contributed by atoms with Crippen molar-refractivity contribution in [2.24, 2.45) is 11.1 Å². The van der Waals surface area contributed by atoms with Gasteiger partial charge in [-0.15, -0.1) is 11.3 Å². The third kappa shape index (κ3) is 3.40. The zero-order chi connectivity index (χ0) is 15.7. The second kappa shape index (κ2) is 7.70. The number of halogens is 1. The van der Waals surface area contributed by atoms with Crippen molar-refractivity contribution < 1.29 is 8.42 Å². The third-order valence-corrected chi connectivity index (χ3v) is 7.31. The van der Waals surface area contributed by atoms with Gasteiger partial charge < -0.3 is 0 Å². The van der Waals surface area contributed by atoms with E-state index in [1.807, 2.05) is 37.5 Å². The first-order valence-electron chi connectivity index (χ1n) is 6.99. The Morgan fingerprint density at radius 2 is 2.14 bits per heavy atom. The van der Waals surface area contributed by atoms with Gasteiger partial charge in [0.25, 0.3) is 0 Å². The molecule has 1 aliphatic rings. The summed E-state index contributed by atoms with van der Waals surface area (Å²) < 4.78 is 23.9. The van der Waals surface area contributed by atoms with Crippen LogP contribution in [0.4, 0.5) is 0 Å². The number of allylic oxidation sites excluding steroid dienone is 3. The van der Waals surface area contributed by atoms with Gasteiger partial charge in [0.2, 0.25) is 10.0 Å². The number of nitrogens with two attached hydrogens (primary N) is 1. The molecule has 0 bridgehead atoms. The maximum absolute atomic E-state index is 12.5. The van der Waals surface area contributed by atoms with Crippen LogP contribution in [0.5, 0.6) is 0 Å². The van der Waals surface area contributed by atoms with Gasteiger partial charge >= 0.3 is 18.9 Å². The Morgan fingerprint density at radius 1 is 1.45 bits per heavy atom. The molecule has 0 saturated heterocycles. The fourth-order valence-electron chi connectivity index (χ4n) is 2.97. The van der Waals surface area contributed by atoms with Gasteiger partial charge in [-0.3, -0.25) is 0 Å². The molecule has 118 valence electrons. The topological polar surface area (TPSA) is 60.2 Å². The average molecular weight is 354 g/mol. The first-order chi connectivity index (χ1) is 9.84. The predicted octanol–water partition coefficient (Wildman–Crippen LogP) is 3.56. The molecule has 2 rings (SSSR count). The number of rotatable bonds is 5. The predicted molar refractivity (Wildman–Crippen MR) is 98.1 cm³/mol. The van der Waals surface area contributed by atoms with Gasteiger partial charge in [-0.05, 0) is 29.4 Å². The molecule has 0 amide bonds. The molecular weight excluding hydrogens is 333 g/mol. The normalized spacial score (nSPS) is 24.7. The van der Waals surface area contributed by atoms with Crippen molar-refractivity contribution in [3.8, 4) is 0 Å². The van der Waals surface area contributed by atoms with E-state index in [-0.39, 0.29) is 24.8 Å². The summed E-state index contributed by atoms with van der Waals surface area (Å²) in [6, 6.07) is 1.79. The zero-order valence-corrected chi connectivity index (χ0v) is 14.6. The van der Waals surface area contributed by atoms with Crippen molar-refractivity contribution in [2.75, 3.05) is 0 Å². The number of sulfonamides is 1. The maximum atomic E-state index is 12.5. The van der Waals surface area contributed by atoms with E-state index >= 15 is 0 Å². The van der Waals surface area contributed by atoms with E-state index in [4.69, 9.17) is 16.7 Å². The van der Waals surface area contributed by atoms with Gasteiger partial charge in [-0.25, -0.2) is 13.6 Å². The summed E-state index contributed by atoms with van der Waals surface area (Å²) in [4.78, 5) is 0.804. The number of hydrogen-bond acceptors (Lipinski definition) is 3. The van der Waals surface area contributed by atoms with Crippen LogP contribution in [0.2, 0.25) is 5.02 Å². The molecule has 1 aliphatic carbocycles. The van der Waals surface area contributed by atoms with E-state index in [9.17, 15) is 8.42 Å². The Kier molecular flexibility index (Phi) is 7.01. The fourth-order valence-corrected chi connectivity index (χ4v) is 5.81. The van der Waals surface area contributed by atoms with Crippen LogP contribution in [-0.2, 0) is 10.0 Å². The Hall–Kier alpha value is -0.0226. The van der Waals surface area contributed by atoms with E-state index in [0.29, 0.717) is 11.4 Å². The first kappa shape index (κ1) is 20.0. The quantitative estimate of drug-likeness (QED) is 0.823. The molecule has 0 saturated carbocycles. The Morgan fingerprint density at radius 3 is 2.64 bits per heavy atom. The van der Waals surface area contributed by atoms with Gasteiger partial charge in [0.15, 0.2) is 0 Å². The second-order valence-electron chi connectivity index (χ2n) is 5.39. The van der Waals surface area contributed by atoms with Crippen molar-refractivity contribution in [3.05, 3.63) is 39.6 Å². The molecule has 1 aromatic rings. The minimum atomic E-state index is -3.77. The van der Waals surface area contributed by atoms with Crippen LogP contribution in [0.1, 0.15) is 38.0 Å². The van der Waals surface area contributed by atoms with Crippen molar-refractivity contribution in [1.82, 2.24) is 0 Å². The van der Waals surface area contributed by atoms with Gasteiger partial charge in [-0.2, -0.15) is 0 Å². The molecule has 2 atom stereocenters. The molecule has 0 spiro atoms. The Labute approximate surface area is 153 Å². The Balaban J connectivity index is 0.00000242. The van der Waals surface area contributed by atoms with Crippen LogP contribution in [0.3, 0.4) is 0 Å². The number of primary sulfonamides is 1. The standard InChI is InChI=1S/C15H20ClNO2S2.Li.H/c1-3-4-9-15(21(17,18)19)11(2)6-5-7-12(15)14-13(16)8-10-20-14;;/h5-8,10-11H,3-4,9H2,1-2H3,(H2,17,18,19);;. The van der Waals surface area contributed by atoms with E-state index < -0.39 is 14.8 Å². The number of thiophene rings is 1. The second-order valence-corrected chi connectivity index (χ2v) is 8.53. The Bertz CT molecular complexity index is 681. The molecule has 1 heterocycles. The summed E-state index contributed by atoms with van der Waals surface area (Å²) in [5, 5.41) is 8.13. The van der Waals surface area contributed by atoms with E-state index in [1.54, 1.807) is 6.07 Å². The average Bonchev–Trinajstić information content (AvgIpc) is 2.82. The van der Waals surface area contributed by atoms with Crippen LogP contribution in [0, 0.1) is 5.92 Å². The molecule has 22 heavy (non-hydrogen) atoms. The molecule has 2 unspecified atom stereocenters. The van der Waals surface area contributed by atoms with Crippen LogP contribution < -0.4 is 5.14 Å². The van der Waals surface area contributed by atoms with Crippen molar-refractivity contribution in [3.63, 3.8) is 0 Å². The summed E-state index contributed by atoms with van der Waals surface area (Å²) in [7, 11) is -3.77. The molecular formula is C15H21ClLiNO2S2. The molecule has 1 aromatic heterocycles. The van der Waals surface area contributed by atoms with Gasteiger partial charge in [0, 0.05) is 0 Å². The summed E-state index contributed by atoms with van der Waals surface area (Å²) in [5.41, 5.74) is 0.730. The fraction of sp³-hybridized carbons (Fsp3) is 0.467. The first-order valence-corrected chi connectivity index (χ1v) is 9.79. The molecule has 7 heteroatoms. The van der Waals surface area contributed by atoms with E-state index in [2.05, 4.69) is 0 Å². The van der Waals surface area contributed by atoms with Crippen LogP contribution >= 0.6 is 22.9 Å². The molecule has 0 aliphatic heterocycles. The van der Waals surface area contributed by atoms with Crippen molar-refractivity contribution in [2.45, 2.75) is 37.9 Å². The van der Waals surface area contributed by atoms with E-state index in [1.165, 1.54) is 11.3 Å². The number of hydrogen-bond donors (Lipinski definition) is 1. The van der Waals surface area contributed by atoms with Crippen molar-refractivity contribution >= 4 is 57.4 Å². The van der Waals surface area contributed by atoms with Gasteiger partial charge in [0.1, 0.15) is 4.75 Å². The molecule has 0 radical (unpaired) electrons.